The summed E-state index contributed by atoms with van der Waals surface area (Å²) in [6, 6.07) is -0.847. The van der Waals surface area contributed by atoms with Crippen LogP contribution in [-0.4, -0.2) is 36.8 Å². The number of rotatable bonds is 6. The summed E-state index contributed by atoms with van der Waals surface area (Å²) in [6.07, 6.45) is 8.27. The van der Waals surface area contributed by atoms with Gasteiger partial charge in [-0.1, -0.05) is 43.4 Å². The molecule has 1 amide bonds. The summed E-state index contributed by atoms with van der Waals surface area (Å²) >= 11 is 1.36. The number of anilines is 1. The van der Waals surface area contributed by atoms with Crippen molar-refractivity contribution in [3.05, 3.63) is 5.01 Å². The molecule has 0 saturated heterocycles. The molecule has 1 saturated carbocycles. The molecule has 0 spiro atoms. The minimum absolute atomic E-state index is 0.415. The van der Waals surface area contributed by atoms with E-state index in [2.05, 4.69) is 20.2 Å². The molecule has 2 N–H and O–H groups in total. The van der Waals surface area contributed by atoms with Gasteiger partial charge >= 0.3 is 0 Å². The SMILES string of the molecule is C[C@H](NS(C)(=O)=O)C(=O)Nc1nnc(CC2CCCCC2)s1. The molecule has 124 valence electrons. The molecule has 1 aromatic rings. The molecule has 1 atom stereocenters. The summed E-state index contributed by atoms with van der Waals surface area (Å²) in [5, 5.41) is 12.0. The number of nitrogens with one attached hydrogen (secondary N) is 2. The van der Waals surface area contributed by atoms with Gasteiger partial charge in [0.2, 0.25) is 21.1 Å². The van der Waals surface area contributed by atoms with E-state index in [9.17, 15) is 13.2 Å². The van der Waals surface area contributed by atoms with Gasteiger partial charge in [-0.15, -0.1) is 10.2 Å². The van der Waals surface area contributed by atoms with Crippen LogP contribution in [0.15, 0.2) is 0 Å². The highest BCUT2D eigenvalue weighted by Crippen LogP contribution is 2.28. The summed E-state index contributed by atoms with van der Waals surface area (Å²) in [6.45, 7) is 1.49. The number of amides is 1. The van der Waals surface area contributed by atoms with Gasteiger partial charge in [0.05, 0.1) is 12.3 Å². The van der Waals surface area contributed by atoms with E-state index in [1.807, 2.05) is 0 Å². The van der Waals surface area contributed by atoms with Crippen LogP contribution in [0.1, 0.15) is 44.0 Å². The van der Waals surface area contributed by atoms with Crippen LogP contribution in [-0.2, 0) is 21.2 Å². The maximum atomic E-state index is 11.9. The van der Waals surface area contributed by atoms with Crippen LogP contribution in [0.3, 0.4) is 0 Å². The number of carbonyl (C=O) groups is 1. The quantitative estimate of drug-likeness (QED) is 0.813. The maximum Gasteiger partial charge on any atom is 0.244 e. The third kappa shape index (κ3) is 5.62. The van der Waals surface area contributed by atoms with Crippen LogP contribution in [0.2, 0.25) is 0 Å². The highest BCUT2D eigenvalue weighted by atomic mass is 32.2. The summed E-state index contributed by atoms with van der Waals surface area (Å²) < 4.78 is 24.4. The zero-order valence-corrected chi connectivity index (χ0v) is 14.5. The Labute approximate surface area is 135 Å². The zero-order valence-electron chi connectivity index (χ0n) is 12.8. The first-order valence-electron chi connectivity index (χ1n) is 7.44. The Hall–Kier alpha value is -1.06. The predicted octanol–water partition coefficient (Wildman–Crippen LogP) is 1.54. The lowest BCUT2D eigenvalue weighted by atomic mass is 9.87. The molecule has 1 fully saturated rings. The molecule has 2 rings (SSSR count). The normalized spacial score (nSPS) is 18.1. The van der Waals surface area contributed by atoms with Crippen molar-refractivity contribution in [1.29, 1.82) is 0 Å². The second-order valence-electron chi connectivity index (χ2n) is 5.81. The van der Waals surface area contributed by atoms with Gasteiger partial charge in [0.25, 0.3) is 0 Å². The third-order valence-electron chi connectivity index (χ3n) is 3.67. The molecule has 0 aromatic carbocycles. The average molecular weight is 346 g/mol. The fourth-order valence-electron chi connectivity index (χ4n) is 2.61. The zero-order chi connectivity index (χ0) is 16.2. The van der Waals surface area contributed by atoms with Crippen molar-refractivity contribution in [3.63, 3.8) is 0 Å². The van der Waals surface area contributed by atoms with Gasteiger partial charge in [0.1, 0.15) is 5.01 Å². The van der Waals surface area contributed by atoms with E-state index in [0.717, 1.165) is 17.7 Å². The molecule has 22 heavy (non-hydrogen) atoms. The summed E-state index contributed by atoms with van der Waals surface area (Å²) in [5.74, 6) is 0.224. The molecule has 0 unspecified atom stereocenters. The van der Waals surface area contributed by atoms with Gasteiger partial charge in [-0.3, -0.25) is 10.1 Å². The average Bonchev–Trinajstić information content (AvgIpc) is 2.85. The molecule has 0 radical (unpaired) electrons. The van der Waals surface area contributed by atoms with E-state index in [1.54, 1.807) is 0 Å². The Kier molecular flexibility index (Phi) is 5.87. The number of hydrogen-bond acceptors (Lipinski definition) is 6. The highest BCUT2D eigenvalue weighted by molar-refractivity contribution is 7.88. The number of hydrogen-bond donors (Lipinski definition) is 2. The second-order valence-corrected chi connectivity index (χ2v) is 8.65. The van der Waals surface area contributed by atoms with E-state index in [4.69, 9.17) is 0 Å². The van der Waals surface area contributed by atoms with Crippen LogP contribution in [0, 0.1) is 5.92 Å². The summed E-state index contributed by atoms with van der Waals surface area (Å²) in [5.41, 5.74) is 0. The lowest BCUT2D eigenvalue weighted by Gasteiger charge is -2.19. The molecule has 9 heteroatoms. The van der Waals surface area contributed by atoms with Gasteiger partial charge in [-0.25, -0.2) is 13.1 Å². The lowest BCUT2D eigenvalue weighted by Crippen LogP contribution is -2.40. The first-order valence-corrected chi connectivity index (χ1v) is 10.1. The van der Waals surface area contributed by atoms with E-state index in [-0.39, 0.29) is 0 Å². The number of aromatic nitrogens is 2. The van der Waals surface area contributed by atoms with Crippen LogP contribution in [0.4, 0.5) is 5.13 Å². The van der Waals surface area contributed by atoms with E-state index >= 15 is 0 Å². The Balaban J connectivity index is 1.87. The monoisotopic (exact) mass is 346 g/mol. The van der Waals surface area contributed by atoms with Crippen LogP contribution < -0.4 is 10.0 Å². The molecular formula is C13H22N4O3S2. The van der Waals surface area contributed by atoms with Crippen molar-refractivity contribution in [1.82, 2.24) is 14.9 Å². The molecule has 1 aliphatic rings. The maximum absolute atomic E-state index is 11.9. The van der Waals surface area contributed by atoms with E-state index in [1.165, 1.54) is 50.4 Å². The first kappa shape index (κ1) is 17.3. The predicted molar refractivity (Wildman–Crippen MR) is 86.3 cm³/mol. The first-order chi connectivity index (χ1) is 10.3. The Morgan fingerprint density at radius 2 is 2.00 bits per heavy atom. The fourth-order valence-corrected chi connectivity index (χ4v) is 4.22. The van der Waals surface area contributed by atoms with Gasteiger partial charge in [0, 0.05) is 6.42 Å². The smallest absolute Gasteiger partial charge is 0.244 e. The van der Waals surface area contributed by atoms with Gasteiger partial charge < -0.3 is 0 Å². The van der Waals surface area contributed by atoms with Gasteiger partial charge in [0.15, 0.2) is 0 Å². The standard InChI is InChI=1S/C13H22N4O3S2/c1-9(17-22(2,19)20)12(18)14-13-16-15-11(21-13)8-10-6-4-3-5-7-10/h9-10,17H,3-8H2,1-2H3,(H,14,16,18)/t9-/m0/s1. The second kappa shape index (κ2) is 7.47. The van der Waals surface area contributed by atoms with Crippen LogP contribution in [0.25, 0.3) is 0 Å². The minimum Gasteiger partial charge on any atom is -0.299 e. The third-order valence-corrected chi connectivity index (χ3v) is 5.31. The van der Waals surface area contributed by atoms with Crippen molar-refractivity contribution in [2.75, 3.05) is 11.6 Å². The van der Waals surface area contributed by atoms with Gasteiger partial charge in [-0.2, -0.15) is 0 Å². The summed E-state index contributed by atoms with van der Waals surface area (Å²) in [4.78, 5) is 11.9. The molecule has 7 nitrogen and oxygen atoms in total. The Morgan fingerprint density at radius 3 is 2.64 bits per heavy atom. The molecule has 1 aliphatic carbocycles. The molecule has 0 aliphatic heterocycles. The van der Waals surface area contributed by atoms with Crippen molar-refractivity contribution in [2.24, 2.45) is 5.92 Å². The van der Waals surface area contributed by atoms with Crippen molar-refractivity contribution in [2.45, 2.75) is 51.5 Å². The Morgan fingerprint density at radius 1 is 1.32 bits per heavy atom. The van der Waals surface area contributed by atoms with Gasteiger partial charge in [-0.05, 0) is 12.8 Å². The van der Waals surface area contributed by atoms with E-state index < -0.39 is 22.0 Å². The largest absolute Gasteiger partial charge is 0.299 e. The van der Waals surface area contributed by atoms with Crippen molar-refractivity contribution < 1.29 is 13.2 Å². The molecule has 0 bridgehead atoms. The topological polar surface area (TPSA) is 101 Å². The van der Waals surface area contributed by atoms with Crippen LogP contribution in [0.5, 0.6) is 0 Å². The lowest BCUT2D eigenvalue weighted by molar-refractivity contribution is -0.117. The highest BCUT2D eigenvalue weighted by Gasteiger charge is 2.20. The number of sulfonamides is 1. The van der Waals surface area contributed by atoms with Crippen molar-refractivity contribution >= 4 is 32.4 Å². The van der Waals surface area contributed by atoms with E-state index in [0.29, 0.717) is 11.0 Å². The van der Waals surface area contributed by atoms with Crippen LogP contribution >= 0.6 is 11.3 Å². The van der Waals surface area contributed by atoms with Crippen molar-refractivity contribution in [3.8, 4) is 0 Å². The summed E-state index contributed by atoms with van der Waals surface area (Å²) in [7, 11) is -3.42. The number of nitrogens with zero attached hydrogens (tertiary/aromatic N) is 2. The molecular weight excluding hydrogens is 324 g/mol. The minimum atomic E-state index is -3.42. The molecule has 1 aromatic heterocycles. The fraction of sp³-hybridized carbons (Fsp3) is 0.769. The molecule has 1 heterocycles. The Bertz CT molecular complexity index is 609. The number of carbonyl (C=O) groups excluding carboxylic acids is 1.